The van der Waals surface area contributed by atoms with Gasteiger partial charge in [0.1, 0.15) is 16.9 Å². The topological polar surface area (TPSA) is 86.4 Å². The van der Waals surface area contributed by atoms with E-state index < -0.39 is 6.04 Å². The predicted octanol–water partition coefficient (Wildman–Crippen LogP) is 5.97. The van der Waals surface area contributed by atoms with Gasteiger partial charge >= 0.3 is 5.97 Å². The number of hydrogen-bond acceptors (Lipinski definition) is 7. The second-order valence-corrected chi connectivity index (χ2v) is 10.3. The normalized spacial score (nSPS) is 14.4. The van der Waals surface area contributed by atoms with E-state index in [1.54, 1.807) is 25.2 Å². The average molecular weight is 513 g/mol. The van der Waals surface area contributed by atoms with Gasteiger partial charge in [0.15, 0.2) is 11.6 Å². The van der Waals surface area contributed by atoms with Crippen LogP contribution < -0.4 is 0 Å². The molecule has 8 heteroatoms. The summed E-state index contributed by atoms with van der Waals surface area (Å²) in [6.45, 7) is 9.81. The minimum Gasteiger partial charge on any atom is -0.466 e. The van der Waals surface area contributed by atoms with E-state index >= 15 is 0 Å². The zero-order valence-electron chi connectivity index (χ0n) is 21.5. The number of aromatic nitrogens is 3. The molecule has 1 aliphatic heterocycles. The van der Waals surface area contributed by atoms with Crippen molar-refractivity contribution in [3.8, 4) is 16.1 Å². The molecule has 5 rings (SSSR count). The van der Waals surface area contributed by atoms with Crippen molar-refractivity contribution in [2.24, 2.45) is 4.99 Å². The standard InChI is InChI=1S/C29H28N4O3S/c1-6-36-25(35)15-24-28-32-31-19(5)33(28)29-26(16(2)18(4)37-29)27(30-24)21-12-10-20(11-13-21)23-9-7-8-22(14-23)17(3)34/h7-14,24H,6,15H2,1-5H3/t24-/m0/s1. The number of esters is 1. The summed E-state index contributed by atoms with van der Waals surface area (Å²) in [4.78, 5) is 30.7. The van der Waals surface area contributed by atoms with E-state index in [0.717, 1.165) is 44.4 Å². The van der Waals surface area contributed by atoms with Crippen molar-refractivity contribution in [3.05, 3.63) is 87.3 Å². The first-order valence-corrected chi connectivity index (χ1v) is 13.1. The van der Waals surface area contributed by atoms with Gasteiger partial charge in [0.05, 0.1) is 18.7 Å². The van der Waals surface area contributed by atoms with Gasteiger partial charge in [-0.3, -0.25) is 19.1 Å². The molecule has 0 N–H and O–H groups in total. The van der Waals surface area contributed by atoms with Crippen LogP contribution in [0, 0.1) is 20.8 Å². The Hall–Kier alpha value is -3.91. The lowest BCUT2D eigenvalue weighted by atomic mass is 9.96. The lowest BCUT2D eigenvalue weighted by Gasteiger charge is -2.12. The minimum atomic E-state index is -0.526. The lowest BCUT2D eigenvalue weighted by Crippen LogP contribution is -2.13. The maximum atomic E-state index is 12.5. The average Bonchev–Trinajstić information content (AvgIpc) is 3.36. The van der Waals surface area contributed by atoms with Crippen molar-refractivity contribution in [2.45, 2.75) is 47.1 Å². The fourth-order valence-electron chi connectivity index (χ4n) is 4.64. The second-order valence-electron chi connectivity index (χ2n) is 9.12. The molecule has 0 radical (unpaired) electrons. The van der Waals surface area contributed by atoms with Gasteiger partial charge in [0.25, 0.3) is 0 Å². The van der Waals surface area contributed by atoms with E-state index in [1.807, 2.05) is 60.0 Å². The fourth-order valence-corrected chi connectivity index (χ4v) is 5.85. The Morgan fingerprint density at radius 1 is 1.00 bits per heavy atom. The maximum absolute atomic E-state index is 12.5. The monoisotopic (exact) mass is 512 g/mol. The van der Waals surface area contributed by atoms with Gasteiger partial charge < -0.3 is 4.74 Å². The summed E-state index contributed by atoms with van der Waals surface area (Å²) in [5.41, 5.74) is 6.61. The van der Waals surface area contributed by atoms with Crippen molar-refractivity contribution in [1.82, 2.24) is 14.8 Å². The number of ether oxygens (including phenoxy) is 1. The summed E-state index contributed by atoms with van der Waals surface area (Å²) in [6, 6.07) is 15.3. The molecule has 37 heavy (non-hydrogen) atoms. The first-order valence-electron chi connectivity index (χ1n) is 12.3. The second kappa shape index (κ2) is 9.86. The maximum Gasteiger partial charge on any atom is 0.308 e. The van der Waals surface area contributed by atoms with Crippen LogP contribution in [-0.2, 0) is 9.53 Å². The van der Waals surface area contributed by atoms with Crippen LogP contribution >= 0.6 is 11.3 Å². The summed E-state index contributed by atoms with van der Waals surface area (Å²) in [5, 5.41) is 9.76. The Labute approximate surface area is 219 Å². The molecule has 7 nitrogen and oxygen atoms in total. The van der Waals surface area contributed by atoms with E-state index in [0.29, 0.717) is 18.0 Å². The number of hydrogen-bond donors (Lipinski definition) is 0. The van der Waals surface area contributed by atoms with Crippen LogP contribution in [0.2, 0.25) is 0 Å². The van der Waals surface area contributed by atoms with Gasteiger partial charge in [-0.1, -0.05) is 42.5 Å². The van der Waals surface area contributed by atoms with E-state index in [1.165, 1.54) is 4.88 Å². The molecule has 4 aromatic rings. The van der Waals surface area contributed by atoms with Crippen LogP contribution in [0.3, 0.4) is 0 Å². The molecule has 0 amide bonds. The largest absolute Gasteiger partial charge is 0.466 e. The van der Waals surface area contributed by atoms with Crippen LogP contribution in [0.5, 0.6) is 0 Å². The summed E-state index contributed by atoms with van der Waals surface area (Å²) >= 11 is 1.68. The van der Waals surface area contributed by atoms with Gasteiger partial charge in [0, 0.05) is 21.6 Å². The molecule has 2 aromatic heterocycles. The van der Waals surface area contributed by atoms with Crippen LogP contribution in [-0.4, -0.2) is 38.8 Å². The SMILES string of the molecule is CCOC(=O)C[C@@H]1N=C(c2ccc(-c3cccc(C(C)=O)c3)cc2)c2c(sc(C)c2C)-n2c(C)nnc21. The van der Waals surface area contributed by atoms with Crippen molar-refractivity contribution >= 4 is 28.8 Å². The zero-order chi connectivity index (χ0) is 26.3. The van der Waals surface area contributed by atoms with Crippen LogP contribution in [0.25, 0.3) is 16.1 Å². The predicted molar refractivity (Wildman–Crippen MR) is 145 cm³/mol. The number of carbonyl (C=O) groups excluding carboxylic acids is 2. The van der Waals surface area contributed by atoms with E-state index in [9.17, 15) is 9.59 Å². The third kappa shape index (κ3) is 4.53. The van der Waals surface area contributed by atoms with E-state index in [2.05, 4.69) is 24.0 Å². The molecule has 3 heterocycles. The molecule has 188 valence electrons. The molecule has 0 spiro atoms. The number of benzene rings is 2. The highest BCUT2D eigenvalue weighted by molar-refractivity contribution is 7.15. The number of aliphatic imine (C=N–C) groups is 1. The number of carbonyl (C=O) groups is 2. The van der Waals surface area contributed by atoms with E-state index in [-0.39, 0.29) is 18.2 Å². The van der Waals surface area contributed by atoms with Gasteiger partial charge in [-0.25, -0.2) is 0 Å². The Kier molecular flexibility index (Phi) is 6.60. The van der Waals surface area contributed by atoms with Crippen molar-refractivity contribution in [1.29, 1.82) is 0 Å². The molecular formula is C29H28N4O3S. The number of thiophene rings is 1. The molecule has 0 saturated heterocycles. The molecule has 0 unspecified atom stereocenters. The molecule has 1 atom stereocenters. The Balaban J connectivity index is 1.64. The number of aryl methyl sites for hydroxylation is 2. The Morgan fingerprint density at radius 3 is 2.43 bits per heavy atom. The Morgan fingerprint density at radius 2 is 1.73 bits per heavy atom. The van der Waals surface area contributed by atoms with Gasteiger partial charge in [-0.05, 0) is 57.4 Å². The van der Waals surface area contributed by atoms with Gasteiger partial charge in [-0.2, -0.15) is 0 Å². The number of rotatable bonds is 6. The lowest BCUT2D eigenvalue weighted by molar-refractivity contribution is -0.143. The number of fused-ring (bicyclic) bond motifs is 3. The fraction of sp³-hybridized carbons (Fsp3) is 0.276. The van der Waals surface area contributed by atoms with Crippen molar-refractivity contribution in [2.75, 3.05) is 6.61 Å². The van der Waals surface area contributed by atoms with Crippen molar-refractivity contribution < 1.29 is 14.3 Å². The minimum absolute atomic E-state index is 0.0389. The number of Topliss-reactive ketones (excluding diaryl/α,β-unsaturated/α-hetero) is 1. The first-order chi connectivity index (χ1) is 17.8. The van der Waals surface area contributed by atoms with Crippen molar-refractivity contribution in [3.63, 3.8) is 0 Å². The highest BCUT2D eigenvalue weighted by atomic mass is 32.1. The molecule has 0 bridgehead atoms. The zero-order valence-corrected chi connectivity index (χ0v) is 22.3. The van der Waals surface area contributed by atoms with E-state index in [4.69, 9.17) is 9.73 Å². The highest BCUT2D eigenvalue weighted by Crippen LogP contribution is 2.39. The summed E-state index contributed by atoms with van der Waals surface area (Å²) in [6.07, 6.45) is 0.0817. The summed E-state index contributed by atoms with van der Waals surface area (Å²) in [7, 11) is 0. The number of nitrogens with zero attached hydrogens (tertiary/aromatic N) is 4. The molecule has 0 aliphatic carbocycles. The molecule has 2 aromatic carbocycles. The third-order valence-electron chi connectivity index (χ3n) is 6.67. The van der Waals surface area contributed by atoms with Gasteiger partial charge in [0.2, 0.25) is 0 Å². The smallest absolute Gasteiger partial charge is 0.308 e. The molecule has 0 saturated carbocycles. The molecular weight excluding hydrogens is 484 g/mol. The van der Waals surface area contributed by atoms with Crippen LogP contribution in [0.15, 0.2) is 53.5 Å². The molecule has 0 fully saturated rings. The van der Waals surface area contributed by atoms with Gasteiger partial charge in [-0.15, -0.1) is 21.5 Å². The van der Waals surface area contributed by atoms with Crippen LogP contribution in [0.1, 0.15) is 69.9 Å². The summed E-state index contributed by atoms with van der Waals surface area (Å²) < 4.78 is 7.28. The Bertz CT molecular complexity index is 1550. The number of ketones is 1. The third-order valence-corrected chi connectivity index (χ3v) is 7.86. The quantitative estimate of drug-likeness (QED) is 0.235. The first kappa shape index (κ1) is 24.8. The van der Waals surface area contributed by atoms with Crippen LogP contribution in [0.4, 0.5) is 0 Å². The summed E-state index contributed by atoms with van der Waals surface area (Å²) in [5.74, 6) is 1.11. The molecule has 1 aliphatic rings. The highest BCUT2D eigenvalue weighted by Gasteiger charge is 2.32.